The maximum absolute atomic E-state index is 13.3. The number of rotatable bonds is 8. The van der Waals surface area contributed by atoms with Crippen LogP contribution in [0.2, 0.25) is 0 Å². The minimum absolute atomic E-state index is 0.0930. The Morgan fingerprint density at radius 1 is 1.09 bits per heavy atom. The number of nitrogens with zero attached hydrogens (tertiary/aromatic N) is 6. The molecule has 1 aliphatic rings. The average molecular weight is 444 g/mol. The molecule has 3 heterocycles. The van der Waals surface area contributed by atoms with Gasteiger partial charge in [0.1, 0.15) is 6.04 Å². The van der Waals surface area contributed by atoms with Crippen molar-refractivity contribution < 1.29 is 4.79 Å². The van der Waals surface area contributed by atoms with E-state index in [0.29, 0.717) is 12.4 Å². The van der Waals surface area contributed by atoms with Crippen molar-refractivity contribution in [2.24, 2.45) is 5.92 Å². The molecule has 0 bridgehead atoms. The van der Waals surface area contributed by atoms with E-state index in [4.69, 9.17) is 0 Å². The number of imidazole rings is 1. The van der Waals surface area contributed by atoms with Crippen LogP contribution in [0.3, 0.4) is 0 Å². The Morgan fingerprint density at radius 3 is 2.52 bits per heavy atom. The molecule has 168 valence electrons. The van der Waals surface area contributed by atoms with Crippen LogP contribution in [0.5, 0.6) is 0 Å². The Morgan fingerprint density at radius 2 is 1.85 bits per heavy atom. The maximum Gasteiger partial charge on any atom is 0.329 e. The Balaban J connectivity index is 1.49. The molecule has 5 rings (SSSR count). The van der Waals surface area contributed by atoms with Gasteiger partial charge in [0.25, 0.3) is 0 Å². The van der Waals surface area contributed by atoms with Crippen LogP contribution in [-0.2, 0) is 17.8 Å². The highest BCUT2D eigenvalue weighted by Crippen LogP contribution is 2.37. The van der Waals surface area contributed by atoms with Gasteiger partial charge < -0.3 is 0 Å². The lowest BCUT2D eigenvalue weighted by Crippen LogP contribution is -2.26. The summed E-state index contributed by atoms with van der Waals surface area (Å²) in [6.07, 6.45) is 8.24. The molecule has 9 heteroatoms. The van der Waals surface area contributed by atoms with Crippen LogP contribution in [0.25, 0.3) is 22.5 Å². The standard InChI is InChI=1S/C24H25N7O2/c1-3-4-5-19-14-31(21-15(2)22(21)32)24(33)30(19)13-18-12-25-11-10-20(18)16-6-8-17(9-7-16)23-26-28-29-27-23/h6-12,14-15,21H,3-5,13H2,1-2H3,(H,26,27,28,29). The van der Waals surface area contributed by atoms with Gasteiger partial charge in [-0.1, -0.05) is 44.5 Å². The molecule has 33 heavy (non-hydrogen) atoms. The third kappa shape index (κ3) is 3.90. The van der Waals surface area contributed by atoms with Crippen molar-refractivity contribution in [2.45, 2.75) is 45.7 Å². The fraction of sp³-hybridized carbons (Fsp3) is 0.333. The predicted molar refractivity (Wildman–Crippen MR) is 122 cm³/mol. The minimum Gasteiger partial charge on any atom is -0.297 e. The van der Waals surface area contributed by atoms with Gasteiger partial charge in [-0.05, 0) is 46.0 Å². The number of H-pyrrole nitrogens is 1. The van der Waals surface area contributed by atoms with Crippen LogP contribution < -0.4 is 5.69 Å². The number of hydrogen-bond donors (Lipinski definition) is 1. The molecule has 1 aliphatic carbocycles. The largest absolute Gasteiger partial charge is 0.329 e. The number of hydrogen-bond acceptors (Lipinski definition) is 6. The second-order valence-electron chi connectivity index (χ2n) is 8.50. The van der Waals surface area contributed by atoms with Gasteiger partial charge in [-0.25, -0.2) is 9.89 Å². The lowest BCUT2D eigenvalue weighted by atomic mass is 10.00. The van der Waals surface area contributed by atoms with Crippen LogP contribution in [0, 0.1) is 5.92 Å². The quantitative estimate of drug-likeness (QED) is 0.448. The van der Waals surface area contributed by atoms with Crippen molar-refractivity contribution in [3.8, 4) is 22.5 Å². The molecule has 0 spiro atoms. The van der Waals surface area contributed by atoms with Crippen molar-refractivity contribution in [3.05, 3.63) is 70.7 Å². The van der Waals surface area contributed by atoms with E-state index >= 15 is 0 Å². The van der Waals surface area contributed by atoms with Gasteiger partial charge in [0.15, 0.2) is 11.6 Å². The number of aromatic nitrogens is 7. The second kappa shape index (κ2) is 8.57. The third-order valence-corrected chi connectivity index (χ3v) is 6.32. The fourth-order valence-electron chi connectivity index (χ4n) is 4.29. The monoisotopic (exact) mass is 443 g/mol. The molecular weight excluding hydrogens is 418 g/mol. The van der Waals surface area contributed by atoms with Gasteiger partial charge in [0, 0.05) is 35.8 Å². The second-order valence-corrected chi connectivity index (χ2v) is 8.50. The van der Waals surface area contributed by atoms with Crippen molar-refractivity contribution >= 4 is 5.78 Å². The number of aryl methyl sites for hydroxylation is 1. The van der Waals surface area contributed by atoms with Gasteiger partial charge in [-0.15, -0.1) is 5.10 Å². The molecule has 3 aromatic heterocycles. The molecule has 0 saturated heterocycles. The van der Waals surface area contributed by atoms with Gasteiger partial charge in [-0.2, -0.15) is 0 Å². The SMILES string of the molecule is CCCCc1cn(C2C(=O)C2C)c(=O)n1Cc1cnccc1-c1ccc(-c2nnn[nH]2)cc1. The topological polar surface area (TPSA) is 111 Å². The highest BCUT2D eigenvalue weighted by atomic mass is 16.2. The molecule has 1 aromatic carbocycles. The lowest BCUT2D eigenvalue weighted by Gasteiger charge is -2.12. The van der Waals surface area contributed by atoms with E-state index in [1.807, 2.05) is 49.6 Å². The summed E-state index contributed by atoms with van der Waals surface area (Å²) in [7, 11) is 0. The maximum atomic E-state index is 13.3. The van der Waals surface area contributed by atoms with E-state index in [-0.39, 0.29) is 23.4 Å². The van der Waals surface area contributed by atoms with Gasteiger partial charge in [0.2, 0.25) is 0 Å². The summed E-state index contributed by atoms with van der Waals surface area (Å²) >= 11 is 0. The first kappa shape index (κ1) is 21.0. The van der Waals surface area contributed by atoms with E-state index in [9.17, 15) is 9.59 Å². The summed E-state index contributed by atoms with van der Waals surface area (Å²) < 4.78 is 3.41. The summed E-state index contributed by atoms with van der Waals surface area (Å²) in [6.45, 7) is 4.40. The number of ketones is 1. The number of unbranched alkanes of at least 4 members (excludes halogenated alkanes) is 1. The smallest absolute Gasteiger partial charge is 0.297 e. The molecular formula is C24H25N7O2. The van der Waals surface area contributed by atoms with E-state index < -0.39 is 0 Å². The highest BCUT2D eigenvalue weighted by Gasteiger charge is 2.48. The number of nitrogens with one attached hydrogen (secondary N) is 1. The first-order valence-electron chi connectivity index (χ1n) is 11.2. The van der Waals surface area contributed by atoms with Crippen LogP contribution in [-0.4, -0.2) is 40.5 Å². The third-order valence-electron chi connectivity index (χ3n) is 6.32. The average Bonchev–Trinajstić information content (AvgIpc) is 3.21. The summed E-state index contributed by atoms with van der Waals surface area (Å²) in [5, 5.41) is 14.0. The molecule has 9 nitrogen and oxygen atoms in total. The Kier molecular flexibility index (Phi) is 5.45. The molecule has 4 aromatic rings. The molecule has 0 amide bonds. The molecule has 1 fully saturated rings. The summed E-state index contributed by atoms with van der Waals surface area (Å²) in [5.74, 6) is 0.638. The number of carbonyl (C=O) groups is 1. The van der Waals surface area contributed by atoms with E-state index in [2.05, 4.69) is 32.5 Å². The highest BCUT2D eigenvalue weighted by molar-refractivity contribution is 6.00. The van der Waals surface area contributed by atoms with Crippen molar-refractivity contribution in [3.63, 3.8) is 0 Å². The van der Waals surface area contributed by atoms with Crippen LogP contribution in [0.15, 0.2) is 53.7 Å². The Labute approximate surface area is 190 Å². The van der Waals surface area contributed by atoms with E-state index in [1.54, 1.807) is 15.3 Å². The number of pyridine rings is 1. The first-order valence-corrected chi connectivity index (χ1v) is 11.2. The van der Waals surface area contributed by atoms with Crippen molar-refractivity contribution in [1.82, 2.24) is 34.7 Å². The normalized spacial score (nSPS) is 17.5. The molecule has 0 aliphatic heterocycles. The number of tetrazole rings is 1. The fourth-order valence-corrected chi connectivity index (χ4v) is 4.29. The van der Waals surface area contributed by atoms with Crippen LogP contribution in [0.1, 0.15) is 44.0 Å². The van der Waals surface area contributed by atoms with Gasteiger partial charge in [-0.3, -0.25) is 18.9 Å². The summed E-state index contributed by atoms with van der Waals surface area (Å²) in [6, 6.07) is 9.56. The minimum atomic E-state index is -0.328. The van der Waals surface area contributed by atoms with E-state index in [0.717, 1.165) is 47.2 Å². The van der Waals surface area contributed by atoms with Crippen LogP contribution >= 0.6 is 0 Å². The molecule has 2 unspecified atom stereocenters. The number of carbonyl (C=O) groups excluding carboxylic acids is 1. The zero-order chi connectivity index (χ0) is 22.9. The summed E-state index contributed by atoms with van der Waals surface area (Å²) in [4.78, 5) is 29.6. The zero-order valence-electron chi connectivity index (χ0n) is 18.6. The summed E-state index contributed by atoms with van der Waals surface area (Å²) in [5.41, 5.74) is 4.67. The lowest BCUT2D eigenvalue weighted by molar-refractivity contribution is -0.111. The molecule has 1 saturated carbocycles. The molecule has 1 N–H and O–H groups in total. The molecule has 2 atom stereocenters. The molecule has 0 radical (unpaired) electrons. The zero-order valence-corrected chi connectivity index (χ0v) is 18.6. The van der Waals surface area contributed by atoms with Crippen LogP contribution in [0.4, 0.5) is 0 Å². The van der Waals surface area contributed by atoms with Crippen molar-refractivity contribution in [2.75, 3.05) is 0 Å². The van der Waals surface area contributed by atoms with E-state index in [1.165, 1.54) is 0 Å². The number of aromatic amines is 1. The number of benzene rings is 1. The van der Waals surface area contributed by atoms with Gasteiger partial charge >= 0.3 is 5.69 Å². The van der Waals surface area contributed by atoms with Crippen molar-refractivity contribution in [1.29, 1.82) is 0 Å². The number of Topliss-reactive ketones (excluding diaryl/α,β-unsaturated/α-hetero) is 1. The first-order chi connectivity index (χ1) is 16.1. The Bertz CT molecular complexity index is 1340. The predicted octanol–water partition coefficient (Wildman–Crippen LogP) is 3.04. The Hall–Kier alpha value is -3.88. The van der Waals surface area contributed by atoms with Gasteiger partial charge in [0.05, 0.1) is 6.54 Å².